The maximum atomic E-state index is 13.2. The summed E-state index contributed by atoms with van der Waals surface area (Å²) in [7, 11) is 0. The van der Waals surface area contributed by atoms with Crippen LogP contribution >= 0.6 is 0 Å². The van der Waals surface area contributed by atoms with Crippen molar-refractivity contribution < 1.29 is 8.78 Å². The van der Waals surface area contributed by atoms with Gasteiger partial charge in [-0.3, -0.25) is 5.10 Å². The second-order valence-electron chi connectivity index (χ2n) is 6.19. The highest BCUT2D eigenvalue weighted by molar-refractivity contribution is 5.87. The van der Waals surface area contributed by atoms with Crippen molar-refractivity contribution in [3.8, 4) is 11.3 Å². The number of nitrogens with one attached hydrogen (secondary N) is 1. The summed E-state index contributed by atoms with van der Waals surface area (Å²) < 4.78 is 27.9. The lowest BCUT2D eigenvalue weighted by atomic mass is 10.0. The Labute approximate surface area is 142 Å². The first-order valence-electron chi connectivity index (χ1n) is 8.11. The fraction of sp³-hybridized carbons (Fsp3) is 0.278. The summed E-state index contributed by atoms with van der Waals surface area (Å²) in [5.41, 5.74) is 6.04. The number of aromatic amines is 1. The van der Waals surface area contributed by atoms with Crippen LogP contribution in [0.3, 0.4) is 0 Å². The molecule has 0 amide bonds. The third kappa shape index (κ3) is 2.38. The van der Waals surface area contributed by atoms with E-state index in [0.717, 1.165) is 38.9 Å². The van der Waals surface area contributed by atoms with Gasteiger partial charge in [0.15, 0.2) is 5.65 Å². The normalized spacial score (nSPS) is 11.9. The van der Waals surface area contributed by atoms with Crippen LogP contribution in [0.5, 0.6) is 0 Å². The van der Waals surface area contributed by atoms with Gasteiger partial charge in [-0.2, -0.15) is 5.10 Å². The topological polar surface area (TPSA) is 58.9 Å². The van der Waals surface area contributed by atoms with Crippen LogP contribution in [0.4, 0.5) is 8.78 Å². The van der Waals surface area contributed by atoms with E-state index in [4.69, 9.17) is 0 Å². The Morgan fingerprint density at radius 1 is 1.16 bits per heavy atom. The highest BCUT2D eigenvalue weighted by Gasteiger charge is 2.20. The van der Waals surface area contributed by atoms with Crippen molar-refractivity contribution >= 4 is 16.6 Å². The average molecular weight is 341 g/mol. The zero-order valence-corrected chi connectivity index (χ0v) is 14.1. The van der Waals surface area contributed by atoms with E-state index < -0.39 is 12.2 Å². The van der Waals surface area contributed by atoms with Crippen LogP contribution in [-0.4, -0.2) is 24.8 Å². The van der Waals surface area contributed by atoms with E-state index in [2.05, 4.69) is 20.3 Å². The molecule has 0 saturated heterocycles. The van der Waals surface area contributed by atoms with Crippen molar-refractivity contribution in [1.29, 1.82) is 0 Å². The molecule has 4 rings (SSSR count). The zero-order valence-electron chi connectivity index (χ0n) is 14.1. The number of halogens is 2. The van der Waals surface area contributed by atoms with Gasteiger partial charge in [0, 0.05) is 10.9 Å². The van der Waals surface area contributed by atoms with E-state index in [0.29, 0.717) is 12.1 Å². The second kappa shape index (κ2) is 5.61. The minimum atomic E-state index is -2.70. The van der Waals surface area contributed by atoms with Crippen LogP contribution in [0.15, 0.2) is 24.4 Å². The molecular weight excluding hydrogens is 324 g/mol. The molecular formula is C18H17F2N5. The number of pyridine rings is 1. The molecule has 0 spiro atoms. The lowest BCUT2D eigenvalue weighted by Gasteiger charge is -2.12. The van der Waals surface area contributed by atoms with E-state index in [1.807, 2.05) is 39.0 Å². The fourth-order valence-electron chi connectivity index (χ4n) is 3.33. The molecule has 0 aliphatic rings. The van der Waals surface area contributed by atoms with E-state index in [1.165, 1.54) is 0 Å². The number of benzene rings is 1. The number of hydrogen-bond donors (Lipinski definition) is 1. The van der Waals surface area contributed by atoms with Gasteiger partial charge in [0.05, 0.1) is 17.4 Å². The van der Waals surface area contributed by atoms with Gasteiger partial charge in [0.1, 0.15) is 0 Å². The number of alkyl halides is 2. The Hall–Kier alpha value is -2.83. The fourth-order valence-corrected chi connectivity index (χ4v) is 3.33. The molecule has 0 aliphatic carbocycles. The van der Waals surface area contributed by atoms with Gasteiger partial charge in [-0.15, -0.1) is 5.10 Å². The molecule has 7 heteroatoms. The molecule has 3 heterocycles. The maximum absolute atomic E-state index is 13.2. The Balaban J connectivity index is 2.07. The Morgan fingerprint density at radius 2 is 1.96 bits per heavy atom. The van der Waals surface area contributed by atoms with Crippen molar-refractivity contribution in [3.63, 3.8) is 0 Å². The van der Waals surface area contributed by atoms with Crippen LogP contribution in [0.25, 0.3) is 27.8 Å². The molecule has 0 fully saturated rings. The first kappa shape index (κ1) is 15.7. The van der Waals surface area contributed by atoms with Crippen molar-refractivity contribution in [2.24, 2.45) is 0 Å². The summed E-state index contributed by atoms with van der Waals surface area (Å²) in [6.45, 7) is 5.93. The van der Waals surface area contributed by atoms with E-state index >= 15 is 0 Å². The molecule has 0 saturated carbocycles. The quantitative estimate of drug-likeness (QED) is 0.601. The van der Waals surface area contributed by atoms with Crippen molar-refractivity contribution in [2.45, 2.75) is 33.6 Å². The lowest BCUT2D eigenvalue weighted by Crippen LogP contribution is -2.01. The third-order valence-electron chi connectivity index (χ3n) is 4.48. The van der Waals surface area contributed by atoms with Crippen LogP contribution < -0.4 is 0 Å². The summed E-state index contributed by atoms with van der Waals surface area (Å²) in [5, 5.41) is 12.1. The van der Waals surface area contributed by atoms with E-state index in [1.54, 1.807) is 10.7 Å². The molecule has 0 atom stereocenters. The van der Waals surface area contributed by atoms with Crippen LogP contribution in [0, 0.1) is 13.8 Å². The van der Waals surface area contributed by atoms with Crippen LogP contribution in [0.1, 0.15) is 35.9 Å². The molecule has 0 aliphatic heterocycles. The van der Waals surface area contributed by atoms with Gasteiger partial charge in [0.2, 0.25) is 5.82 Å². The number of aryl methyl sites for hydroxylation is 3. The molecule has 0 radical (unpaired) electrons. The first-order valence-corrected chi connectivity index (χ1v) is 8.11. The Bertz CT molecular complexity index is 1090. The second-order valence-corrected chi connectivity index (χ2v) is 6.19. The monoisotopic (exact) mass is 341 g/mol. The number of hydrogen-bond acceptors (Lipinski definition) is 3. The standard InChI is InChI=1S/C18H17F2N5/c1-4-11-6-10(3)15(25-18(11)22-17(24-25)16(19)20)12-5-9(2)14-13(7-12)8-21-23-14/h5-8,16H,4H2,1-3H3,(H,21,23). The van der Waals surface area contributed by atoms with Gasteiger partial charge in [0.25, 0.3) is 6.43 Å². The van der Waals surface area contributed by atoms with E-state index in [9.17, 15) is 8.78 Å². The summed E-state index contributed by atoms with van der Waals surface area (Å²) >= 11 is 0. The van der Waals surface area contributed by atoms with Crippen molar-refractivity contribution in [2.75, 3.05) is 0 Å². The molecule has 4 aromatic rings. The maximum Gasteiger partial charge on any atom is 0.299 e. The summed E-state index contributed by atoms with van der Waals surface area (Å²) in [6, 6.07) is 6.00. The zero-order chi connectivity index (χ0) is 17.7. The van der Waals surface area contributed by atoms with Crippen LogP contribution in [0.2, 0.25) is 0 Å². The Morgan fingerprint density at radius 3 is 2.68 bits per heavy atom. The van der Waals surface area contributed by atoms with Gasteiger partial charge in [-0.25, -0.2) is 18.3 Å². The SMILES string of the molecule is CCc1cc(C)c(-c2cc(C)c3[nH]ncc3c2)n2nc(C(F)F)nc12. The highest BCUT2D eigenvalue weighted by Crippen LogP contribution is 2.31. The van der Waals surface area contributed by atoms with E-state index in [-0.39, 0.29) is 0 Å². The average Bonchev–Trinajstić information content (AvgIpc) is 3.20. The number of H-pyrrole nitrogens is 1. The largest absolute Gasteiger partial charge is 0.299 e. The molecule has 1 N–H and O–H groups in total. The summed E-state index contributed by atoms with van der Waals surface area (Å²) in [5.74, 6) is -0.442. The van der Waals surface area contributed by atoms with Crippen molar-refractivity contribution in [3.05, 3.63) is 46.9 Å². The Kier molecular flexibility index (Phi) is 3.52. The number of nitrogens with zero attached hydrogens (tertiary/aromatic N) is 4. The smallest absolute Gasteiger partial charge is 0.278 e. The molecule has 0 bridgehead atoms. The molecule has 0 unspecified atom stereocenters. The number of fused-ring (bicyclic) bond motifs is 2. The molecule has 128 valence electrons. The predicted molar refractivity (Wildman–Crippen MR) is 91.9 cm³/mol. The minimum Gasteiger partial charge on any atom is -0.278 e. The number of rotatable bonds is 3. The van der Waals surface area contributed by atoms with Crippen LogP contribution in [-0.2, 0) is 6.42 Å². The number of aromatic nitrogens is 5. The summed E-state index contributed by atoms with van der Waals surface area (Å²) in [6.07, 6.45) is -0.243. The van der Waals surface area contributed by atoms with Gasteiger partial charge in [-0.05, 0) is 49.1 Å². The highest BCUT2D eigenvalue weighted by atomic mass is 19.3. The van der Waals surface area contributed by atoms with Crippen molar-refractivity contribution in [1.82, 2.24) is 24.8 Å². The molecule has 1 aromatic carbocycles. The molecule has 5 nitrogen and oxygen atoms in total. The first-order chi connectivity index (χ1) is 12.0. The van der Waals surface area contributed by atoms with Gasteiger partial charge < -0.3 is 0 Å². The lowest BCUT2D eigenvalue weighted by molar-refractivity contribution is 0.140. The summed E-state index contributed by atoms with van der Waals surface area (Å²) in [4.78, 5) is 4.07. The van der Waals surface area contributed by atoms with Gasteiger partial charge in [-0.1, -0.05) is 13.0 Å². The minimum absolute atomic E-state index is 0.442. The molecule has 3 aromatic heterocycles. The van der Waals surface area contributed by atoms with Gasteiger partial charge >= 0.3 is 0 Å². The third-order valence-corrected chi connectivity index (χ3v) is 4.48. The predicted octanol–water partition coefficient (Wildman–Crippen LogP) is 4.39. The molecule has 25 heavy (non-hydrogen) atoms.